The first-order valence-electron chi connectivity index (χ1n) is 10.2. The van der Waals surface area contributed by atoms with Gasteiger partial charge in [0.05, 0.1) is 24.2 Å². The Labute approximate surface area is 181 Å². The Morgan fingerprint density at radius 3 is 2.77 bits per heavy atom. The third-order valence-electron chi connectivity index (χ3n) is 6.11. The number of ether oxygens (including phenoxy) is 3. The first kappa shape index (κ1) is 20.1. The maximum Gasteiger partial charge on any atom is 0.231 e. The Bertz CT molecular complexity index is 1220. The minimum absolute atomic E-state index is 0.0559. The minimum Gasteiger partial charge on any atom is -0.496 e. The largest absolute Gasteiger partial charge is 0.496 e. The maximum absolute atomic E-state index is 13.1. The molecule has 0 saturated carbocycles. The first-order valence-corrected chi connectivity index (χ1v) is 12.0. The van der Waals surface area contributed by atoms with Crippen molar-refractivity contribution in [3.05, 3.63) is 58.3 Å². The number of hydrogen-bond acceptors (Lipinski definition) is 7. The van der Waals surface area contributed by atoms with Crippen molar-refractivity contribution in [3.63, 3.8) is 0 Å². The molecule has 31 heavy (non-hydrogen) atoms. The Morgan fingerprint density at radius 1 is 1.23 bits per heavy atom. The second kappa shape index (κ2) is 7.39. The van der Waals surface area contributed by atoms with E-state index in [2.05, 4.69) is 0 Å². The second-order valence-corrected chi connectivity index (χ2v) is 10.4. The lowest BCUT2D eigenvalue weighted by molar-refractivity contribution is 0.0637. The number of allylic oxidation sites excluding steroid dienone is 1. The molecule has 0 radical (unpaired) electrons. The molecule has 3 heterocycles. The van der Waals surface area contributed by atoms with Gasteiger partial charge >= 0.3 is 0 Å². The highest BCUT2D eigenvalue weighted by molar-refractivity contribution is 7.91. The van der Waals surface area contributed by atoms with Gasteiger partial charge in [0.15, 0.2) is 15.6 Å². The van der Waals surface area contributed by atoms with Crippen molar-refractivity contribution in [2.45, 2.75) is 25.9 Å². The number of ketones is 1. The molecule has 5 rings (SSSR count). The van der Waals surface area contributed by atoms with Crippen LogP contribution in [0.1, 0.15) is 33.5 Å². The zero-order chi connectivity index (χ0) is 21.8. The number of Topliss-reactive ketones (excluding diaryl/α,β-unsaturated/α-hetero) is 1. The molecule has 162 valence electrons. The first-order chi connectivity index (χ1) is 14.9. The van der Waals surface area contributed by atoms with E-state index in [1.54, 1.807) is 13.2 Å². The summed E-state index contributed by atoms with van der Waals surface area (Å²) in [7, 11) is -1.40. The molecule has 1 saturated heterocycles. The third kappa shape index (κ3) is 3.49. The standard InChI is InChI=1S/C23H23NO6S/c1-14-22-16(11-24(13-29-22)17-7-8-31(26,27)12-17)9-18-21(25)20(30-23(14)18)10-15-5-3-4-6-19(15)28-2/h3-6,9-10,17H,7-8,11-13H2,1-2H3/t17-/m0/s1. The van der Waals surface area contributed by atoms with Crippen molar-refractivity contribution in [2.24, 2.45) is 0 Å². The molecule has 3 aliphatic heterocycles. The molecule has 0 bridgehead atoms. The minimum atomic E-state index is -2.98. The van der Waals surface area contributed by atoms with Crippen LogP contribution in [0.5, 0.6) is 17.2 Å². The van der Waals surface area contributed by atoms with Crippen molar-refractivity contribution >= 4 is 21.7 Å². The lowest BCUT2D eigenvalue weighted by Crippen LogP contribution is -2.41. The van der Waals surface area contributed by atoms with Crippen molar-refractivity contribution in [1.29, 1.82) is 0 Å². The van der Waals surface area contributed by atoms with E-state index < -0.39 is 9.84 Å². The van der Waals surface area contributed by atoms with Crippen LogP contribution < -0.4 is 14.2 Å². The van der Waals surface area contributed by atoms with Gasteiger partial charge in [-0.15, -0.1) is 0 Å². The molecular formula is C23H23NO6S. The van der Waals surface area contributed by atoms with Gasteiger partial charge in [-0.1, -0.05) is 18.2 Å². The molecule has 0 spiro atoms. The predicted octanol–water partition coefficient (Wildman–Crippen LogP) is 2.96. The normalized spacial score (nSPS) is 23.2. The van der Waals surface area contributed by atoms with Crippen LogP contribution in [0, 0.1) is 6.92 Å². The van der Waals surface area contributed by atoms with Gasteiger partial charge in [-0.3, -0.25) is 9.69 Å². The summed E-state index contributed by atoms with van der Waals surface area (Å²) in [5, 5.41) is 0. The number of rotatable bonds is 3. The summed E-state index contributed by atoms with van der Waals surface area (Å²) in [6, 6.07) is 9.19. The monoisotopic (exact) mass is 441 g/mol. The van der Waals surface area contributed by atoms with Crippen molar-refractivity contribution in [1.82, 2.24) is 4.90 Å². The number of benzene rings is 2. The molecule has 7 nitrogen and oxygen atoms in total. The zero-order valence-corrected chi connectivity index (χ0v) is 18.2. The van der Waals surface area contributed by atoms with Gasteiger partial charge in [-0.05, 0) is 31.6 Å². The average Bonchev–Trinajstić information content (AvgIpc) is 3.28. The average molecular weight is 442 g/mol. The molecule has 0 N–H and O–H groups in total. The molecule has 8 heteroatoms. The van der Waals surface area contributed by atoms with Gasteiger partial charge < -0.3 is 14.2 Å². The Morgan fingerprint density at radius 2 is 2.03 bits per heavy atom. The van der Waals surface area contributed by atoms with E-state index in [-0.39, 0.29) is 29.1 Å². The zero-order valence-electron chi connectivity index (χ0n) is 17.4. The fourth-order valence-electron chi connectivity index (χ4n) is 4.49. The van der Waals surface area contributed by atoms with Gasteiger partial charge in [-0.25, -0.2) is 8.42 Å². The molecule has 0 aliphatic carbocycles. The quantitative estimate of drug-likeness (QED) is 0.678. The van der Waals surface area contributed by atoms with E-state index in [1.165, 1.54) is 0 Å². The van der Waals surface area contributed by atoms with E-state index in [0.29, 0.717) is 42.5 Å². The van der Waals surface area contributed by atoms with Crippen LogP contribution in [-0.2, 0) is 16.4 Å². The number of nitrogens with zero attached hydrogens (tertiary/aromatic N) is 1. The van der Waals surface area contributed by atoms with Gasteiger partial charge in [0.25, 0.3) is 0 Å². The molecule has 0 amide bonds. The van der Waals surface area contributed by atoms with E-state index in [0.717, 1.165) is 16.7 Å². The topological polar surface area (TPSA) is 82.1 Å². The second-order valence-electron chi connectivity index (χ2n) is 8.13. The fraction of sp³-hybridized carbons (Fsp3) is 0.348. The van der Waals surface area contributed by atoms with Crippen LogP contribution in [0.4, 0.5) is 0 Å². The number of hydrogen-bond donors (Lipinski definition) is 0. The predicted molar refractivity (Wildman–Crippen MR) is 115 cm³/mol. The summed E-state index contributed by atoms with van der Waals surface area (Å²) >= 11 is 0. The van der Waals surface area contributed by atoms with Crippen LogP contribution in [0.2, 0.25) is 0 Å². The highest BCUT2D eigenvalue weighted by Crippen LogP contribution is 2.44. The van der Waals surface area contributed by atoms with E-state index in [4.69, 9.17) is 14.2 Å². The molecule has 1 fully saturated rings. The molecular weight excluding hydrogens is 418 g/mol. The molecule has 2 aromatic carbocycles. The molecule has 0 aromatic heterocycles. The van der Waals surface area contributed by atoms with E-state index in [9.17, 15) is 13.2 Å². The molecule has 1 atom stereocenters. The number of methoxy groups -OCH3 is 1. The van der Waals surface area contributed by atoms with Crippen LogP contribution >= 0.6 is 0 Å². The number of sulfone groups is 1. The van der Waals surface area contributed by atoms with E-state index >= 15 is 0 Å². The van der Waals surface area contributed by atoms with Crippen molar-refractivity contribution in [3.8, 4) is 17.2 Å². The van der Waals surface area contributed by atoms with Crippen LogP contribution in [-0.4, -0.2) is 50.5 Å². The Kier molecular flexibility index (Phi) is 4.79. The van der Waals surface area contributed by atoms with Crippen LogP contribution in [0.15, 0.2) is 36.1 Å². The van der Waals surface area contributed by atoms with Gasteiger partial charge in [-0.2, -0.15) is 0 Å². The van der Waals surface area contributed by atoms with Crippen LogP contribution in [0.25, 0.3) is 6.08 Å². The summed E-state index contributed by atoms with van der Waals surface area (Å²) in [4.78, 5) is 15.1. The highest BCUT2D eigenvalue weighted by atomic mass is 32.2. The maximum atomic E-state index is 13.1. The molecule has 0 unspecified atom stereocenters. The smallest absolute Gasteiger partial charge is 0.231 e. The van der Waals surface area contributed by atoms with Crippen molar-refractivity contribution in [2.75, 3.05) is 25.3 Å². The SMILES string of the molecule is COc1ccccc1C=C1Oc2c(cc3c(c2C)OCN([C@H]2CCS(=O)(=O)C2)C3)C1=O. The van der Waals surface area contributed by atoms with Crippen LogP contribution in [0.3, 0.4) is 0 Å². The number of para-hydroxylation sites is 1. The highest BCUT2D eigenvalue weighted by Gasteiger charge is 2.37. The number of carbonyl (C=O) groups excluding carboxylic acids is 1. The van der Waals surface area contributed by atoms with Crippen molar-refractivity contribution < 1.29 is 27.4 Å². The summed E-state index contributed by atoms with van der Waals surface area (Å²) in [6.45, 7) is 2.75. The fourth-order valence-corrected chi connectivity index (χ4v) is 6.25. The Balaban J connectivity index is 1.46. The van der Waals surface area contributed by atoms with Gasteiger partial charge in [0, 0.05) is 29.3 Å². The Hall–Kier alpha value is -2.84. The number of fused-ring (bicyclic) bond motifs is 2. The summed E-state index contributed by atoms with van der Waals surface area (Å²) < 4.78 is 41.1. The van der Waals surface area contributed by atoms with Gasteiger partial charge in [0.1, 0.15) is 24.0 Å². The summed E-state index contributed by atoms with van der Waals surface area (Å²) in [6.07, 6.45) is 2.30. The summed E-state index contributed by atoms with van der Waals surface area (Å²) in [5.74, 6) is 2.31. The molecule has 2 aromatic rings. The number of carbonyl (C=O) groups is 1. The van der Waals surface area contributed by atoms with Gasteiger partial charge in [0.2, 0.25) is 5.78 Å². The molecule has 3 aliphatic rings. The van der Waals surface area contributed by atoms with E-state index in [1.807, 2.05) is 42.2 Å². The lowest BCUT2D eigenvalue weighted by atomic mass is 9.99. The lowest BCUT2D eigenvalue weighted by Gasteiger charge is -2.33. The third-order valence-corrected chi connectivity index (χ3v) is 7.87. The summed E-state index contributed by atoms with van der Waals surface area (Å²) in [5.41, 5.74) is 2.92.